The van der Waals surface area contributed by atoms with Crippen LogP contribution in [0, 0.1) is 5.92 Å². The monoisotopic (exact) mass is 247 g/mol. The Morgan fingerprint density at radius 3 is 2.39 bits per heavy atom. The minimum absolute atomic E-state index is 0.181. The van der Waals surface area contributed by atoms with Gasteiger partial charge in [-0.1, -0.05) is 12.1 Å². The maximum Gasteiger partial charge on any atom is 0.218 e. The number of ether oxygens (including phenoxy) is 1. The average molecular weight is 247 g/mol. The van der Waals surface area contributed by atoms with Gasteiger partial charge in [0, 0.05) is 6.42 Å². The summed E-state index contributed by atoms with van der Waals surface area (Å²) in [5, 5.41) is 0. The summed E-state index contributed by atoms with van der Waals surface area (Å²) >= 11 is 0. The summed E-state index contributed by atoms with van der Waals surface area (Å²) in [6.45, 7) is 4.02. The molecule has 98 valence electrons. The fourth-order valence-corrected chi connectivity index (χ4v) is 2.34. The molecule has 1 aliphatic rings. The first kappa shape index (κ1) is 12.9. The third kappa shape index (κ3) is 3.49. The molecule has 0 spiro atoms. The highest BCUT2D eigenvalue weighted by molar-refractivity contribution is 5.75. The number of hydrogen-bond acceptors (Lipinski definition) is 2. The molecule has 3 heteroatoms. The summed E-state index contributed by atoms with van der Waals surface area (Å²) in [5.41, 5.74) is 6.53. The molecule has 18 heavy (non-hydrogen) atoms. The minimum Gasteiger partial charge on any atom is -0.491 e. The average Bonchev–Trinajstić information content (AvgIpc) is 3.10. The molecule has 2 N–H and O–H groups in total. The predicted octanol–water partition coefficient (Wildman–Crippen LogP) is 2.84. The smallest absolute Gasteiger partial charge is 0.218 e. The number of amides is 1. The normalized spacial score (nSPS) is 16.6. The van der Waals surface area contributed by atoms with Crippen LogP contribution in [0.15, 0.2) is 24.3 Å². The fourth-order valence-electron chi connectivity index (χ4n) is 2.34. The molecule has 3 nitrogen and oxygen atoms in total. The number of benzene rings is 1. The molecular formula is C15H21NO2. The van der Waals surface area contributed by atoms with Crippen molar-refractivity contribution in [3.8, 4) is 5.75 Å². The second kappa shape index (κ2) is 5.42. The van der Waals surface area contributed by atoms with Gasteiger partial charge in [0.2, 0.25) is 5.91 Å². The Morgan fingerprint density at radius 1 is 1.33 bits per heavy atom. The Morgan fingerprint density at radius 2 is 1.94 bits per heavy atom. The van der Waals surface area contributed by atoms with E-state index in [2.05, 4.69) is 12.1 Å². The van der Waals surface area contributed by atoms with E-state index < -0.39 is 0 Å². The lowest BCUT2D eigenvalue weighted by atomic mass is 9.91. The lowest BCUT2D eigenvalue weighted by Gasteiger charge is -2.16. The van der Waals surface area contributed by atoms with Crippen molar-refractivity contribution in [3.05, 3.63) is 29.8 Å². The molecular weight excluding hydrogens is 226 g/mol. The van der Waals surface area contributed by atoms with Crippen LogP contribution in [-0.4, -0.2) is 12.0 Å². The lowest BCUT2D eigenvalue weighted by Crippen LogP contribution is -2.16. The molecule has 0 aliphatic heterocycles. The Kier molecular flexibility index (Phi) is 3.90. The molecule has 0 radical (unpaired) electrons. The van der Waals surface area contributed by atoms with Gasteiger partial charge in [-0.15, -0.1) is 0 Å². The zero-order valence-corrected chi connectivity index (χ0v) is 11.1. The van der Waals surface area contributed by atoms with Crippen LogP contribution >= 0.6 is 0 Å². The van der Waals surface area contributed by atoms with Crippen LogP contribution in [0.1, 0.15) is 44.6 Å². The number of nitrogens with two attached hydrogens (primary N) is 1. The quantitative estimate of drug-likeness (QED) is 0.840. The Hall–Kier alpha value is -1.51. The van der Waals surface area contributed by atoms with Gasteiger partial charge in [0.25, 0.3) is 0 Å². The van der Waals surface area contributed by atoms with Crippen molar-refractivity contribution in [1.29, 1.82) is 0 Å². The van der Waals surface area contributed by atoms with Crippen LogP contribution in [0.5, 0.6) is 5.75 Å². The van der Waals surface area contributed by atoms with Crippen molar-refractivity contribution < 1.29 is 9.53 Å². The van der Waals surface area contributed by atoms with Gasteiger partial charge in [-0.2, -0.15) is 0 Å². The summed E-state index contributed by atoms with van der Waals surface area (Å²) < 4.78 is 5.61. The van der Waals surface area contributed by atoms with Crippen LogP contribution < -0.4 is 10.5 Å². The molecule has 2 rings (SSSR count). The van der Waals surface area contributed by atoms with E-state index >= 15 is 0 Å². The fraction of sp³-hybridized carbons (Fsp3) is 0.533. The van der Waals surface area contributed by atoms with E-state index in [4.69, 9.17) is 10.5 Å². The molecule has 0 heterocycles. The van der Waals surface area contributed by atoms with E-state index in [0.29, 0.717) is 12.3 Å². The number of carbonyl (C=O) groups is 1. The highest BCUT2D eigenvalue weighted by atomic mass is 16.5. The first-order chi connectivity index (χ1) is 8.56. The number of primary amides is 1. The van der Waals surface area contributed by atoms with Gasteiger partial charge >= 0.3 is 0 Å². The predicted molar refractivity (Wildman–Crippen MR) is 71.5 cm³/mol. The zero-order valence-electron chi connectivity index (χ0n) is 11.1. The third-order valence-electron chi connectivity index (χ3n) is 3.29. The van der Waals surface area contributed by atoms with Crippen LogP contribution in [0.25, 0.3) is 0 Å². The van der Waals surface area contributed by atoms with Crippen molar-refractivity contribution in [3.63, 3.8) is 0 Å². The van der Waals surface area contributed by atoms with Gasteiger partial charge < -0.3 is 10.5 Å². The van der Waals surface area contributed by atoms with Crippen molar-refractivity contribution in [2.75, 3.05) is 0 Å². The third-order valence-corrected chi connectivity index (χ3v) is 3.29. The molecule has 1 aliphatic carbocycles. The summed E-state index contributed by atoms with van der Waals surface area (Å²) in [5.74, 6) is 1.58. The largest absolute Gasteiger partial charge is 0.491 e. The molecule has 0 aromatic heterocycles. The van der Waals surface area contributed by atoms with Crippen molar-refractivity contribution in [2.24, 2.45) is 11.7 Å². The maximum atomic E-state index is 11.1. The summed E-state index contributed by atoms with van der Waals surface area (Å²) in [4.78, 5) is 11.1. The number of carbonyl (C=O) groups excluding carboxylic acids is 1. The standard InChI is InChI=1S/C15H21NO2/c1-10(2)18-13-7-5-12(6-8-13)14(9-15(16)17)11-3-4-11/h5-8,10-11,14H,3-4,9H2,1-2H3,(H2,16,17). The molecule has 1 aromatic rings. The van der Waals surface area contributed by atoms with E-state index in [9.17, 15) is 4.79 Å². The lowest BCUT2D eigenvalue weighted by molar-refractivity contribution is -0.118. The van der Waals surface area contributed by atoms with Gasteiger partial charge in [0.05, 0.1) is 6.10 Å². The van der Waals surface area contributed by atoms with E-state index in [-0.39, 0.29) is 17.9 Å². The second-order valence-electron chi connectivity index (χ2n) is 5.35. The highest BCUT2D eigenvalue weighted by Crippen LogP contribution is 2.44. The first-order valence-electron chi connectivity index (χ1n) is 6.61. The van der Waals surface area contributed by atoms with Crippen LogP contribution in [0.2, 0.25) is 0 Å². The van der Waals surface area contributed by atoms with E-state index in [1.807, 2.05) is 26.0 Å². The van der Waals surface area contributed by atoms with Gasteiger partial charge in [-0.25, -0.2) is 0 Å². The molecule has 1 aromatic carbocycles. The number of hydrogen-bond donors (Lipinski definition) is 1. The van der Waals surface area contributed by atoms with Crippen LogP contribution in [0.3, 0.4) is 0 Å². The number of rotatable bonds is 6. The summed E-state index contributed by atoms with van der Waals surface area (Å²) in [6.07, 6.45) is 3.06. The van der Waals surface area contributed by atoms with Crippen LogP contribution in [0.4, 0.5) is 0 Å². The van der Waals surface area contributed by atoms with E-state index in [0.717, 1.165) is 5.75 Å². The zero-order chi connectivity index (χ0) is 13.1. The van der Waals surface area contributed by atoms with Gasteiger partial charge in [0.1, 0.15) is 5.75 Å². The Balaban J connectivity index is 2.08. The SMILES string of the molecule is CC(C)Oc1ccc(C(CC(N)=O)C2CC2)cc1. The van der Waals surface area contributed by atoms with E-state index in [1.54, 1.807) is 0 Å². The first-order valence-corrected chi connectivity index (χ1v) is 6.61. The summed E-state index contributed by atoms with van der Waals surface area (Å²) in [6, 6.07) is 8.07. The van der Waals surface area contributed by atoms with Crippen molar-refractivity contribution >= 4 is 5.91 Å². The Bertz CT molecular complexity index is 407. The molecule has 0 bridgehead atoms. The highest BCUT2D eigenvalue weighted by Gasteiger charge is 2.33. The van der Waals surface area contributed by atoms with E-state index in [1.165, 1.54) is 18.4 Å². The maximum absolute atomic E-state index is 11.1. The minimum atomic E-state index is -0.214. The van der Waals surface area contributed by atoms with Crippen molar-refractivity contribution in [2.45, 2.75) is 45.1 Å². The van der Waals surface area contributed by atoms with Crippen LogP contribution in [-0.2, 0) is 4.79 Å². The second-order valence-corrected chi connectivity index (χ2v) is 5.35. The molecule has 1 fully saturated rings. The molecule has 1 unspecified atom stereocenters. The molecule has 1 amide bonds. The molecule has 0 saturated heterocycles. The molecule has 1 atom stereocenters. The van der Waals surface area contributed by atoms with Gasteiger partial charge in [0.15, 0.2) is 0 Å². The van der Waals surface area contributed by atoms with Gasteiger partial charge in [-0.3, -0.25) is 4.79 Å². The summed E-state index contributed by atoms with van der Waals surface area (Å²) in [7, 11) is 0. The molecule has 1 saturated carbocycles. The van der Waals surface area contributed by atoms with Gasteiger partial charge in [-0.05, 0) is 56.2 Å². The topological polar surface area (TPSA) is 52.3 Å². The van der Waals surface area contributed by atoms with Crippen molar-refractivity contribution in [1.82, 2.24) is 0 Å². The Labute approximate surface area is 108 Å².